The van der Waals surface area contributed by atoms with Crippen LogP contribution in [0.15, 0.2) is 21.6 Å². The van der Waals surface area contributed by atoms with E-state index in [1.165, 1.54) is 0 Å². The van der Waals surface area contributed by atoms with Crippen molar-refractivity contribution in [2.45, 2.75) is 23.2 Å². The summed E-state index contributed by atoms with van der Waals surface area (Å²) in [5.74, 6) is 0.934. The fourth-order valence-corrected chi connectivity index (χ4v) is 2.55. The van der Waals surface area contributed by atoms with E-state index in [0.29, 0.717) is 6.54 Å². The molecular weight excluding hydrogens is 186 g/mol. The highest BCUT2D eigenvalue weighted by molar-refractivity contribution is 8.00. The molecular formula is C9H13NO2S. The molecule has 2 rings (SSSR count). The number of rotatable bonds is 2. The van der Waals surface area contributed by atoms with Crippen molar-refractivity contribution < 1.29 is 9.52 Å². The number of nitrogens with one attached hydrogen (secondary N) is 1. The first kappa shape index (κ1) is 9.12. The lowest BCUT2D eigenvalue weighted by atomic mass is 10.3. The smallest absolute Gasteiger partial charge is 0.114 e. The predicted molar refractivity (Wildman–Crippen MR) is 52.0 cm³/mol. The van der Waals surface area contributed by atoms with Crippen molar-refractivity contribution in [3.63, 3.8) is 0 Å². The van der Waals surface area contributed by atoms with Crippen LogP contribution in [0.3, 0.4) is 0 Å². The molecule has 0 saturated carbocycles. The number of thioether (sulfide) groups is 1. The second-order valence-corrected chi connectivity index (χ2v) is 4.50. The Labute approximate surface area is 81.5 Å². The highest BCUT2D eigenvalue weighted by atomic mass is 32.2. The van der Waals surface area contributed by atoms with Crippen molar-refractivity contribution >= 4 is 11.8 Å². The number of hydrogen-bond donors (Lipinski definition) is 2. The number of aliphatic hydroxyl groups is 1. The Hall–Kier alpha value is -0.450. The average Bonchev–Trinajstić information content (AvgIpc) is 2.65. The summed E-state index contributed by atoms with van der Waals surface area (Å²) in [4.78, 5) is 1.13. The first-order valence-corrected chi connectivity index (χ1v) is 5.25. The molecule has 0 spiro atoms. The molecule has 4 heteroatoms. The van der Waals surface area contributed by atoms with Crippen molar-refractivity contribution in [1.82, 2.24) is 5.32 Å². The molecule has 0 aliphatic carbocycles. The highest BCUT2D eigenvalue weighted by Crippen LogP contribution is 2.30. The summed E-state index contributed by atoms with van der Waals surface area (Å²) in [6, 6.07) is 1.95. The van der Waals surface area contributed by atoms with Gasteiger partial charge in [0.2, 0.25) is 0 Å². The molecule has 1 aromatic heterocycles. The van der Waals surface area contributed by atoms with Gasteiger partial charge >= 0.3 is 0 Å². The minimum absolute atomic E-state index is 0.237. The number of β-amino-alcohol motifs (C(OH)–C–C–N with tert-alkyl or cyclic N) is 1. The third-order valence-electron chi connectivity index (χ3n) is 2.22. The van der Waals surface area contributed by atoms with Crippen LogP contribution < -0.4 is 5.32 Å². The summed E-state index contributed by atoms with van der Waals surface area (Å²) in [5, 5.41) is 13.0. The standard InChI is InChI=1S/C9H13NO2S/c1-6-8(2-3-12-6)13-9-5-10-4-7(9)11/h2-3,7,9-11H,4-5H2,1H3/t7-,9-/m1/s1. The van der Waals surface area contributed by atoms with Crippen LogP contribution in [0.25, 0.3) is 0 Å². The van der Waals surface area contributed by atoms with Gasteiger partial charge in [0.1, 0.15) is 5.76 Å². The Balaban J connectivity index is 2.01. The van der Waals surface area contributed by atoms with Gasteiger partial charge < -0.3 is 14.8 Å². The minimum atomic E-state index is -0.237. The second-order valence-electron chi connectivity index (χ2n) is 3.22. The molecule has 13 heavy (non-hydrogen) atoms. The Bertz CT molecular complexity index is 287. The van der Waals surface area contributed by atoms with E-state index in [4.69, 9.17) is 4.42 Å². The zero-order chi connectivity index (χ0) is 9.26. The van der Waals surface area contributed by atoms with E-state index in [2.05, 4.69) is 5.32 Å². The monoisotopic (exact) mass is 199 g/mol. The first-order valence-electron chi connectivity index (χ1n) is 4.37. The van der Waals surface area contributed by atoms with Crippen molar-refractivity contribution in [1.29, 1.82) is 0 Å². The van der Waals surface area contributed by atoms with Gasteiger partial charge in [0.25, 0.3) is 0 Å². The lowest BCUT2D eigenvalue weighted by Crippen LogP contribution is -2.19. The van der Waals surface area contributed by atoms with Crippen LogP contribution in [0.1, 0.15) is 5.76 Å². The van der Waals surface area contributed by atoms with Gasteiger partial charge in [0.05, 0.1) is 12.4 Å². The average molecular weight is 199 g/mol. The third-order valence-corrected chi connectivity index (χ3v) is 3.68. The maximum absolute atomic E-state index is 9.56. The van der Waals surface area contributed by atoms with Gasteiger partial charge in [-0.1, -0.05) is 0 Å². The number of hydrogen-bond acceptors (Lipinski definition) is 4. The van der Waals surface area contributed by atoms with Crippen LogP contribution in [0.5, 0.6) is 0 Å². The van der Waals surface area contributed by atoms with E-state index < -0.39 is 0 Å². The fourth-order valence-electron chi connectivity index (χ4n) is 1.42. The van der Waals surface area contributed by atoms with Gasteiger partial charge in [-0.15, -0.1) is 11.8 Å². The van der Waals surface area contributed by atoms with E-state index in [0.717, 1.165) is 17.2 Å². The molecule has 3 nitrogen and oxygen atoms in total. The molecule has 0 amide bonds. The molecule has 2 N–H and O–H groups in total. The Morgan fingerprint density at radius 2 is 2.46 bits per heavy atom. The van der Waals surface area contributed by atoms with E-state index in [-0.39, 0.29) is 11.4 Å². The molecule has 1 saturated heterocycles. The van der Waals surface area contributed by atoms with Crippen LogP contribution in [0.2, 0.25) is 0 Å². The topological polar surface area (TPSA) is 45.4 Å². The summed E-state index contributed by atoms with van der Waals surface area (Å²) in [5.41, 5.74) is 0. The van der Waals surface area contributed by atoms with Crippen LogP contribution in [0, 0.1) is 6.92 Å². The number of aryl methyl sites for hydroxylation is 1. The largest absolute Gasteiger partial charge is 0.468 e. The maximum Gasteiger partial charge on any atom is 0.114 e. The van der Waals surface area contributed by atoms with Crippen molar-refractivity contribution in [3.8, 4) is 0 Å². The lowest BCUT2D eigenvalue weighted by molar-refractivity contribution is 0.201. The Morgan fingerprint density at radius 1 is 1.62 bits per heavy atom. The summed E-state index contributed by atoms with van der Waals surface area (Å²) >= 11 is 1.69. The minimum Gasteiger partial charge on any atom is -0.468 e. The van der Waals surface area contributed by atoms with Crippen LogP contribution in [0.4, 0.5) is 0 Å². The lowest BCUT2D eigenvalue weighted by Gasteiger charge is -2.11. The molecule has 0 aromatic carbocycles. The fraction of sp³-hybridized carbons (Fsp3) is 0.556. The van der Waals surface area contributed by atoms with Crippen LogP contribution in [-0.4, -0.2) is 29.5 Å². The van der Waals surface area contributed by atoms with E-state index >= 15 is 0 Å². The zero-order valence-electron chi connectivity index (χ0n) is 7.49. The normalized spacial score (nSPS) is 28.2. The molecule has 72 valence electrons. The van der Waals surface area contributed by atoms with Crippen molar-refractivity contribution in [3.05, 3.63) is 18.1 Å². The Morgan fingerprint density at radius 3 is 3.00 bits per heavy atom. The van der Waals surface area contributed by atoms with Gasteiger partial charge in [-0.25, -0.2) is 0 Å². The van der Waals surface area contributed by atoms with Gasteiger partial charge in [0.15, 0.2) is 0 Å². The summed E-state index contributed by atoms with van der Waals surface area (Å²) < 4.78 is 5.19. The van der Waals surface area contributed by atoms with E-state index in [9.17, 15) is 5.11 Å². The van der Waals surface area contributed by atoms with E-state index in [1.807, 2.05) is 13.0 Å². The number of furan rings is 1. The van der Waals surface area contributed by atoms with E-state index in [1.54, 1.807) is 18.0 Å². The third kappa shape index (κ3) is 1.90. The van der Waals surface area contributed by atoms with Gasteiger partial charge in [-0.3, -0.25) is 0 Å². The first-order chi connectivity index (χ1) is 6.27. The molecule has 1 aliphatic rings. The van der Waals surface area contributed by atoms with Crippen LogP contribution >= 0.6 is 11.8 Å². The van der Waals surface area contributed by atoms with Gasteiger partial charge in [-0.05, 0) is 13.0 Å². The molecule has 0 bridgehead atoms. The van der Waals surface area contributed by atoms with Gasteiger partial charge in [0, 0.05) is 23.2 Å². The molecule has 0 unspecified atom stereocenters. The van der Waals surface area contributed by atoms with Crippen molar-refractivity contribution in [2.75, 3.05) is 13.1 Å². The molecule has 1 aliphatic heterocycles. The molecule has 2 heterocycles. The quantitative estimate of drug-likeness (QED) is 0.746. The van der Waals surface area contributed by atoms with Crippen LogP contribution in [-0.2, 0) is 0 Å². The molecule has 1 fully saturated rings. The summed E-state index contributed by atoms with van der Waals surface area (Å²) in [7, 11) is 0. The highest BCUT2D eigenvalue weighted by Gasteiger charge is 2.26. The SMILES string of the molecule is Cc1occc1S[C@@H]1CNC[C@H]1O. The number of aliphatic hydroxyl groups excluding tert-OH is 1. The molecule has 1 aromatic rings. The molecule has 2 atom stereocenters. The molecule has 0 radical (unpaired) electrons. The summed E-state index contributed by atoms with van der Waals surface area (Å²) in [6.45, 7) is 3.52. The van der Waals surface area contributed by atoms with Crippen molar-refractivity contribution in [2.24, 2.45) is 0 Å². The van der Waals surface area contributed by atoms with Gasteiger partial charge in [-0.2, -0.15) is 0 Å². The maximum atomic E-state index is 9.56. The zero-order valence-corrected chi connectivity index (χ0v) is 8.30. The summed E-state index contributed by atoms with van der Waals surface area (Å²) in [6.07, 6.45) is 1.45. The second kappa shape index (κ2) is 3.74. The predicted octanol–water partition coefficient (Wildman–Crippen LogP) is 1.01. The Kier molecular flexibility index (Phi) is 2.62.